The molecule has 0 bridgehead atoms. The fraction of sp³-hybridized carbons (Fsp3) is 0.375. The molecule has 1 heterocycles. The van der Waals surface area contributed by atoms with Crippen molar-refractivity contribution in [3.05, 3.63) is 30.0 Å². The number of amides is 2. The summed E-state index contributed by atoms with van der Waals surface area (Å²) in [5, 5.41) is 15.9. The van der Waals surface area contributed by atoms with Gasteiger partial charge in [0.25, 0.3) is 0 Å². The molecule has 116 valence electrons. The molecule has 1 fully saturated rings. The summed E-state index contributed by atoms with van der Waals surface area (Å²) >= 11 is 0. The van der Waals surface area contributed by atoms with Crippen molar-refractivity contribution in [3.8, 4) is 0 Å². The number of hydrogen-bond donors (Lipinski definition) is 4. The third-order valence-electron chi connectivity index (χ3n) is 4.08. The van der Waals surface area contributed by atoms with Crippen LogP contribution in [0.1, 0.15) is 25.0 Å². The lowest BCUT2D eigenvalue weighted by molar-refractivity contribution is -0.137. The third-order valence-corrected chi connectivity index (χ3v) is 4.08. The molecule has 1 saturated carbocycles. The molecule has 0 saturated heterocycles. The lowest BCUT2D eigenvalue weighted by atomic mass is 9.80. The first-order chi connectivity index (χ1) is 10.5. The zero-order valence-electron chi connectivity index (χ0n) is 12.4. The van der Waals surface area contributed by atoms with Gasteiger partial charge in [0.15, 0.2) is 0 Å². The molecule has 1 aromatic heterocycles. The largest absolute Gasteiger partial charge is 0.388 e. The first kappa shape index (κ1) is 14.6. The zero-order valence-corrected chi connectivity index (χ0v) is 12.4. The van der Waals surface area contributed by atoms with E-state index in [0.29, 0.717) is 18.5 Å². The number of H-pyrrole nitrogens is 1. The molecular weight excluding hydrogens is 282 g/mol. The topological polar surface area (TPSA) is 94.2 Å². The van der Waals surface area contributed by atoms with Crippen molar-refractivity contribution >= 4 is 28.4 Å². The van der Waals surface area contributed by atoms with Gasteiger partial charge in [-0.1, -0.05) is 0 Å². The van der Waals surface area contributed by atoms with Gasteiger partial charge in [0, 0.05) is 28.8 Å². The number of hydrogen-bond acceptors (Lipinski definition) is 3. The van der Waals surface area contributed by atoms with Crippen LogP contribution in [0.2, 0.25) is 0 Å². The minimum absolute atomic E-state index is 0.120. The molecule has 6 nitrogen and oxygen atoms in total. The molecule has 3 rings (SSSR count). The van der Waals surface area contributed by atoms with Gasteiger partial charge in [-0.05, 0) is 50.5 Å². The molecule has 4 N–H and O–H groups in total. The van der Waals surface area contributed by atoms with Gasteiger partial charge in [-0.2, -0.15) is 0 Å². The summed E-state index contributed by atoms with van der Waals surface area (Å²) in [6.07, 6.45) is 2.28. The standard InChI is InChI=1S/C16H19N3O3/c1-10-7-11-8-12(3-4-13(11)18-10)19-15(21)14(20)17-9-16(22)5-2-6-16/h3-4,7-8,18,22H,2,5-6,9H2,1H3,(H,17,20)(H,19,21). The van der Waals surface area contributed by atoms with E-state index in [0.717, 1.165) is 23.0 Å². The van der Waals surface area contributed by atoms with E-state index in [2.05, 4.69) is 15.6 Å². The Morgan fingerprint density at radius 1 is 1.27 bits per heavy atom. The van der Waals surface area contributed by atoms with Crippen molar-refractivity contribution < 1.29 is 14.7 Å². The van der Waals surface area contributed by atoms with Crippen LogP contribution in [0.3, 0.4) is 0 Å². The van der Waals surface area contributed by atoms with E-state index >= 15 is 0 Å². The molecular formula is C16H19N3O3. The maximum Gasteiger partial charge on any atom is 0.313 e. The number of benzene rings is 1. The second-order valence-electron chi connectivity index (χ2n) is 5.97. The van der Waals surface area contributed by atoms with Crippen LogP contribution < -0.4 is 10.6 Å². The van der Waals surface area contributed by atoms with Crippen molar-refractivity contribution in [1.29, 1.82) is 0 Å². The molecule has 0 aliphatic heterocycles. The van der Waals surface area contributed by atoms with Gasteiger partial charge in [0.05, 0.1) is 5.60 Å². The minimum Gasteiger partial charge on any atom is -0.388 e. The van der Waals surface area contributed by atoms with E-state index in [-0.39, 0.29) is 6.54 Å². The summed E-state index contributed by atoms with van der Waals surface area (Å²) in [7, 11) is 0. The SMILES string of the molecule is Cc1cc2cc(NC(=O)C(=O)NCC3(O)CCC3)ccc2[nH]1. The van der Waals surface area contributed by atoms with Crippen LogP contribution in [0.5, 0.6) is 0 Å². The molecule has 6 heteroatoms. The Morgan fingerprint density at radius 3 is 2.73 bits per heavy atom. The highest BCUT2D eigenvalue weighted by Crippen LogP contribution is 2.30. The number of aryl methyl sites for hydroxylation is 1. The van der Waals surface area contributed by atoms with Crippen LogP contribution in [0, 0.1) is 6.92 Å². The maximum atomic E-state index is 11.9. The first-order valence-electron chi connectivity index (χ1n) is 7.36. The van der Waals surface area contributed by atoms with Gasteiger partial charge >= 0.3 is 11.8 Å². The number of carbonyl (C=O) groups excluding carboxylic acids is 2. The molecule has 1 aliphatic rings. The zero-order chi connectivity index (χ0) is 15.7. The number of nitrogens with one attached hydrogen (secondary N) is 3. The van der Waals surface area contributed by atoms with E-state index in [1.807, 2.05) is 25.1 Å². The second kappa shape index (κ2) is 5.46. The second-order valence-corrected chi connectivity index (χ2v) is 5.97. The van der Waals surface area contributed by atoms with Crippen LogP contribution in [0.15, 0.2) is 24.3 Å². The monoisotopic (exact) mass is 301 g/mol. The Balaban J connectivity index is 1.60. The number of aromatic nitrogens is 1. The summed E-state index contributed by atoms with van der Waals surface area (Å²) in [5.41, 5.74) is 1.74. The van der Waals surface area contributed by atoms with Gasteiger partial charge in [0.2, 0.25) is 0 Å². The van der Waals surface area contributed by atoms with Gasteiger partial charge in [-0.25, -0.2) is 0 Å². The van der Waals surface area contributed by atoms with Crippen molar-refractivity contribution in [3.63, 3.8) is 0 Å². The quantitative estimate of drug-likeness (QED) is 0.646. The Kier molecular flexibility index (Phi) is 3.62. The number of aliphatic hydroxyl groups is 1. The van der Waals surface area contributed by atoms with Crippen molar-refractivity contribution in [1.82, 2.24) is 10.3 Å². The lowest BCUT2D eigenvalue weighted by Crippen LogP contribution is -2.49. The van der Waals surface area contributed by atoms with Crippen molar-refractivity contribution in [2.24, 2.45) is 0 Å². The fourth-order valence-electron chi connectivity index (χ4n) is 2.63. The predicted octanol–water partition coefficient (Wildman–Crippen LogP) is 1.45. The Bertz CT molecular complexity index is 731. The van der Waals surface area contributed by atoms with Crippen molar-refractivity contribution in [2.75, 3.05) is 11.9 Å². The van der Waals surface area contributed by atoms with E-state index in [4.69, 9.17) is 0 Å². The smallest absolute Gasteiger partial charge is 0.313 e. The number of anilines is 1. The Hall–Kier alpha value is -2.34. The average Bonchev–Trinajstić information content (AvgIpc) is 2.82. The third kappa shape index (κ3) is 2.96. The summed E-state index contributed by atoms with van der Waals surface area (Å²) in [4.78, 5) is 26.8. The highest BCUT2D eigenvalue weighted by molar-refractivity contribution is 6.39. The van der Waals surface area contributed by atoms with Gasteiger partial charge < -0.3 is 20.7 Å². The van der Waals surface area contributed by atoms with Crippen LogP contribution >= 0.6 is 0 Å². The van der Waals surface area contributed by atoms with E-state index in [1.54, 1.807) is 6.07 Å². The maximum absolute atomic E-state index is 11.9. The molecule has 1 aromatic carbocycles. The van der Waals surface area contributed by atoms with Crippen LogP contribution in [0.25, 0.3) is 10.9 Å². The van der Waals surface area contributed by atoms with Crippen LogP contribution in [0.4, 0.5) is 5.69 Å². The minimum atomic E-state index is -0.836. The predicted molar refractivity (Wildman–Crippen MR) is 83.5 cm³/mol. The Morgan fingerprint density at radius 2 is 2.05 bits per heavy atom. The molecule has 0 spiro atoms. The first-order valence-corrected chi connectivity index (χ1v) is 7.36. The van der Waals surface area contributed by atoms with E-state index in [1.165, 1.54) is 0 Å². The Labute approximate surface area is 127 Å². The van der Waals surface area contributed by atoms with Gasteiger partial charge in [-0.3, -0.25) is 9.59 Å². The van der Waals surface area contributed by atoms with Crippen LogP contribution in [-0.4, -0.2) is 34.1 Å². The molecule has 2 amide bonds. The highest BCUT2D eigenvalue weighted by atomic mass is 16.3. The molecule has 0 radical (unpaired) electrons. The van der Waals surface area contributed by atoms with Gasteiger partial charge in [0.1, 0.15) is 0 Å². The number of carbonyl (C=O) groups is 2. The highest BCUT2D eigenvalue weighted by Gasteiger charge is 2.35. The molecule has 1 aliphatic carbocycles. The summed E-state index contributed by atoms with van der Waals surface area (Å²) < 4.78 is 0. The van der Waals surface area contributed by atoms with Gasteiger partial charge in [-0.15, -0.1) is 0 Å². The number of aromatic amines is 1. The summed E-state index contributed by atoms with van der Waals surface area (Å²) in [6.45, 7) is 2.08. The summed E-state index contributed by atoms with van der Waals surface area (Å²) in [6, 6.07) is 7.37. The normalized spacial score (nSPS) is 16.1. The molecule has 0 atom stereocenters. The number of rotatable bonds is 3. The summed E-state index contributed by atoms with van der Waals surface area (Å²) in [5.74, 6) is -1.46. The van der Waals surface area contributed by atoms with E-state index in [9.17, 15) is 14.7 Å². The lowest BCUT2D eigenvalue weighted by Gasteiger charge is -2.36. The van der Waals surface area contributed by atoms with Crippen molar-refractivity contribution in [2.45, 2.75) is 31.8 Å². The fourth-order valence-corrected chi connectivity index (χ4v) is 2.63. The number of fused-ring (bicyclic) bond motifs is 1. The average molecular weight is 301 g/mol. The van der Waals surface area contributed by atoms with E-state index < -0.39 is 17.4 Å². The molecule has 2 aromatic rings. The van der Waals surface area contributed by atoms with Crippen LogP contribution in [-0.2, 0) is 9.59 Å². The molecule has 0 unspecified atom stereocenters. The molecule has 22 heavy (non-hydrogen) atoms.